The molecule has 146 valence electrons. The minimum absolute atomic E-state index is 0.261. The number of halogens is 1. The average molecular weight is 375 g/mol. The van der Waals surface area contributed by atoms with Crippen molar-refractivity contribution in [3.8, 4) is 11.3 Å². The molecule has 0 unspecified atom stereocenters. The Morgan fingerprint density at radius 2 is 2.00 bits per heavy atom. The van der Waals surface area contributed by atoms with Crippen molar-refractivity contribution in [1.29, 1.82) is 0 Å². The molecule has 1 aromatic heterocycles. The van der Waals surface area contributed by atoms with Crippen molar-refractivity contribution in [2.45, 2.75) is 51.7 Å². The fourth-order valence-electron chi connectivity index (χ4n) is 3.13. The van der Waals surface area contributed by atoms with Crippen LogP contribution in [0.4, 0.5) is 9.18 Å². The lowest BCUT2D eigenvalue weighted by Crippen LogP contribution is -2.47. The number of likely N-dealkylation sites (tertiary alicyclic amines) is 1. The second-order valence-electron chi connectivity index (χ2n) is 8.10. The van der Waals surface area contributed by atoms with Crippen molar-refractivity contribution < 1.29 is 19.0 Å². The molecule has 2 heterocycles. The topological polar surface area (TPSA) is 78.5 Å². The molecule has 1 fully saturated rings. The minimum Gasteiger partial charge on any atom is -0.444 e. The van der Waals surface area contributed by atoms with Crippen LogP contribution in [0, 0.1) is 12.7 Å². The van der Waals surface area contributed by atoms with Gasteiger partial charge in [0.15, 0.2) is 0 Å². The zero-order valence-corrected chi connectivity index (χ0v) is 16.2. The zero-order valence-electron chi connectivity index (χ0n) is 16.2. The molecule has 1 saturated heterocycles. The second-order valence-corrected chi connectivity index (χ2v) is 8.10. The monoisotopic (exact) mass is 375 g/mol. The molecule has 1 aliphatic rings. The van der Waals surface area contributed by atoms with Gasteiger partial charge in [0.2, 0.25) is 0 Å². The highest BCUT2D eigenvalue weighted by atomic mass is 19.1. The fraction of sp³-hybridized carbons (Fsp3) is 0.500. The molecule has 3 rings (SSSR count). The van der Waals surface area contributed by atoms with Crippen LogP contribution in [0.3, 0.4) is 0 Å². The molecule has 2 N–H and O–H groups in total. The summed E-state index contributed by atoms with van der Waals surface area (Å²) < 4.78 is 18.9. The number of nitrogens with zero attached hydrogens (tertiary/aromatic N) is 2. The minimum atomic E-state index is -1.13. The summed E-state index contributed by atoms with van der Waals surface area (Å²) in [6, 6.07) is 4.80. The number of aromatic nitrogens is 2. The van der Waals surface area contributed by atoms with Crippen LogP contribution in [0.5, 0.6) is 0 Å². The smallest absolute Gasteiger partial charge is 0.410 e. The van der Waals surface area contributed by atoms with Crippen molar-refractivity contribution in [3.63, 3.8) is 0 Å². The number of nitrogens with one attached hydrogen (secondary N) is 1. The molecule has 7 heteroatoms. The van der Waals surface area contributed by atoms with Crippen LogP contribution in [-0.2, 0) is 10.3 Å². The first-order valence-corrected chi connectivity index (χ1v) is 9.10. The van der Waals surface area contributed by atoms with Crippen LogP contribution in [0.25, 0.3) is 11.3 Å². The van der Waals surface area contributed by atoms with Gasteiger partial charge in [-0.2, -0.15) is 0 Å². The molecule has 2 aromatic rings. The molecule has 0 radical (unpaired) electrons. The van der Waals surface area contributed by atoms with E-state index in [4.69, 9.17) is 4.74 Å². The first kappa shape index (κ1) is 19.4. The van der Waals surface area contributed by atoms with Crippen LogP contribution in [0.1, 0.15) is 45.0 Å². The Kier molecular flexibility index (Phi) is 4.99. The first-order valence-electron chi connectivity index (χ1n) is 9.10. The molecular formula is C20H26FN3O3. The van der Waals surface area contributed by atoms with Crippen LogP contribution >= 0.6 is 0 Å². The van der Waals surface area contributed by atoms with Crippen molar-refractivity contribution in [2.24, 2.45) is 0 Å². The summed E-state index contributed by atoms with van der Waals surface area (Å²) in [5, 5.41) is 11.0. The maximum Gasteiger partial charge on any atom is 0.410 e. The maximum absolute atomic E-state index is 13.5. The Hall–Kier alpha value is -2.41. The van der Waals surface area contributed by atoms with Gasteiger partial charge in [-0.3, -0.25) is 0 Å². The third-order valence-electron chi connectivity index (χ3n) is 4.71. The van der Waals surface area contributed by atoms with Crippen LogP contribution in [0.2, 0.25) is 0 Å². The molecule has 1 aromatic carbocycles. The first-order chi connectivity index (χ1) is 12.6. The van der Waals surface area contributed by atoms with Crippen molar-refractivity contribution in [1.82, 2.24) is 14.9 Å². The number of benzene rings is 1. The van der Waals surface area contributed by atoms with E-state index in [1.54, 1.807) is 30.2 Å². The Balaban J connectivity index is 1.70. The quantitative estimate of drug-likeness (QED) is 0.838. The van der Waals surface area contributed by atoms with Gasteiger partial charge in [0.25, 0.3) is 0 Å². The van der Waals surface area contributed by atoms with E-state index in [1.165, 1.54) is 6.07 Å². The lowest BCUT2D eigenvalue weighted by Gasteiger charge is -2.37. The third kappa shape index (κ3) is 4.30. The Bertz CT molecular complexity index is 833. The van der Waals surface area contributed by atoms with Gasteiger partial charge < -0.3 is 19.7 Å². The number of rotatable bonds is 2. The standard InChI is InChI=1S/C20H26FN3O3/c1-13-11-14(5-6-15(13)21)16-12-22-17(23-16)20(26)7-9-24(10-8-20)18(25)27-19(2,3)4/h5-6,11-12,26H,7-10H2,1-4H3,(H,22,23). The van der Waals surface area contributed by atoms with Gasteiger partial charge in [-0.05, 0) is 51.5 Å². The van der Waals surface area contributed by atoms with Gasteiger partial charge in [-0.1, -0.05) is 0 Å². The molecule has 0 saturated carbocycles. The zero-order chi connectivity index (χ0) is 19.8. The largest absolute Gasteiger partial charge is 0.444 e. The van der Waals surface area contributed by atoms with Gasteiger partial charge >= 0.3 is 6.09 Å². The molecule has 6 nitrogen and oxygen atoms in total. The summed E-state index contributed by atoms with van der Waals surface area (Å²) in [4.78, 5) is 21.3. The van der Waals surface area contributed by atoms with Crippen LogP contribution < -0.4 is 0 Å². The van der Waals surface area contributed by atoms with Gasteiger partial charge in [0, 0.05) is 37.7 Å². The summed E-state index contributed by atoms with van der Waals surface area (Å²) in [5.74, 6) is 0.200. The predicted molar refractivity (Wildman–Crippen MR) is 99.7 cm³/mol. The lowest BCUT2D eigenvalue weighted by atomic mass is 9.91. The number of aromatic amines is 1. The van der Waals surface area contributed by atoms with E-state index in [1.807, 2.05) is 20.8 Å². The highest BCUT2D eigenvalue weighted by molar-refractivity contribution is 5.68. The van der Waals surface area contributed by atoms with E-state index in [9.17, 15) is 14.3 Å². The summed E-state index contributed by atoms with van der Waals surface area (Å²) in [7, 11) is 0. The molecule has 0 aliphatic carbocycles. The molecule has 1 amide bonds. The molecule has 0 spiro atoms. The molecule has 27 heavy (non-hydrogen) atoms. The number of aliphatic hydroxyl groups is 1. The van der Waals surface area contributed by atoms with E-state index in [0.717, 1.165) is 5.56 Å². The second kappa shape index (κ2) is 6.96. The summed E-state index contributed by atoms with van der Waals surface area (Å²) >= 11 is 0. The van der Waals surface area contributed by atoms with Crippen molar-refractivity contribution >= 4 is 6.09 Å². The van der Waals surface area contributed by atoms with Gasteiger partial charge in [-0.15, -0.1) is 0 Å². The SMILES string of the molecule is Cc1cc(-c2c[nH]c(C3(O)CCN(C(=O)OC(C)(C)C)CC3)n2)ccc1F. The third-order valence-corrected chi connectivity index (χ3v) is 4.71. The number of carbonyl (C=O) groups excluding carboxylic acids is 1. The number of ether oxygens (including phenoxy) is 1. The van der Waals surface area contributed by atoms with Gasteiger partial charge in [0.1, 0.15) is 22.8 Å². The molecule has 1 aliphatic heterocycles. The van der Waals surface area contributed by atoms with E-state index < -0.39 is 11.2 Å². The van der Waals surface area contributed by atoms with E-state index >= 15 is 0 Å². The summed E-state index contributed by atoms with van der Waals surface area (Å²) in [6.07, 6.45) is 2.07. The van der Waals surface area contributed by atoms with Crippen molar-refractivity contribution in [2.75, 3.05) is 13.1 Å². The van der Waals surface area contributed by atoms with Gasteiger partial charge in [-0.25, -0.2) is 14.2 Å². The van der Waals surface area contributed by atoms with E-state index in [0.29, 0.717) is 43.0 Å². The fourth-order valence-corrected chi connectivity index (χ4v) is 3.13. The lowest BCUT2D eigenvalue weighted by molar-refractivity contribution is -0.0404. The predicted octanol–water partition coefficient (Wildman–Crippen LogP) is 3.74. The molecule has 0 atom stereocenters. The number of imidazole rings is 1. The number of amides is 1. The average Bonchev–Trinajstić information content (AvgIpc) is 3.07. The Labute approximate surface area is 158 Å². The summed E-state index contributed by atoms with van der Waals surface area (Å²) in [6.45, 7) is 7.95. The molecular weight excluding hydrogens is 349 g/mol. The number of aryl methyl sites for hydroxylation is 1. The highest BCUT2D eigenvalue weighted by Crippen LogP contribution is 2.33. The Morgan fingerprint density at radius 3 is 2.59 bits per heavy atom. The molecule has 0 bridgehead atoms. The van der Waals surface area contributed by atoms with E-state index in [2.05, 4.69) is 9.97 Å². The summed E-state index contributed by atoms with van der Waals surface area (Å²) in [5.41, 5.74) is 0.295. The Morgan fingerprint density at radius 1 is 1.33 bits per heavy atom. The van der Waals surface area contributed by atoms with Gasteiger partial charge in [0.05, 0.1) is 5.69 Å². The van der Waals surface area contributed by atoms with Crippen LogP contribution in [-0.4, -0.2) is 44.8 Å². The number of hydrogen-bond acceptors (Lipinski definition) is 4. The number of carbonyl (C=O) groups is 1. The van der Waals surface area contributed by atoms with Crippen molar-refractivity contribution in [3.05, 3.63) is 41.6 Å². The normalized spacial score (nSPS) is 17.0. The highest BCUT2D eigenvalue weighted by Gasteiger charge is 2.39. The number of H-pyrrole nitrogens is 1. The maximum atomic E-state index is 13.5. The number of piperidine rings is 1. The van der Waals surface area contributed by atoms with E-state index in [-0.39, 0.29) is 11.9 Å². The number of hydrogen-bond donors (Lipinski definition) is 2. The van der Waals surface area contributed by atoms with Crippen LogP contribution in [0.15, 0.2) is 24.4 Å².